The molecule has 0 aromatic carbocycles. The molecule has 3 fully saturated rings. The van der Waals surface area contributed by atoms with E-state index in [0.717, 1.165) is 12.8 Å². The summed E-state index contributed by atoms with van der Waals surface area (Å²) in [4.78, 5) is 24.9. The summed E-state index contributed by atoms with van der Waals surface area (Å²) in [6.07, 6.45) is 5.61. The molecule has 3 N–H and O–H groups in total. The average Bonchev–Trinajstić information content (AvgIpc) is 3.64. The number of pyridine rings is 2. The van der Waals surface area contributed by atoms with Gasteiger partial charge in [-0.2, -0.15) is 0 Å². The number of amides is 1. The molecule has 2 aliphatic heterocycles. The minimum absolute atomic E-state index is 0.0149. The van der Waals surface area contributed by atoms with Crippen LogP contribution in [0.4, 0.5) is 26.0 Å². The highest BCUT2D eigenvalue weighted by atomic mass is 32.2. The van der Waals surface area contributed by atoms with Gasteiger partial charge < -0.3 is 25.0 Å². The van der Waals surface area contributed by atoms with Crippen LogP contribution in [-0.4, -0.2) is 81.8 Å². The standard InChI is InChI=1S/C24H30F2N6O5S/c1-37-19-3-2-16(29-21(19)32-14-24(25,26)15-32)22(34)30-17-13-27-20(38(35,36)28-8-11-33)12-18(17)31-9-6-23(4-5-23)7-10-31/h2-3,12-13,28,33H,4-11,14-15H2,1H3,(H,30,34). The van der Waals surface area contributed by atoms with Gasteiger partial charge in [-0.25, -0.2) is 31.9 Å². The van der Waals surface area contributed by atoms with Crippen LogP contribution >= 0.6 is 0 Å². The van der Waals surface area contributed by atoms with Crippen LogP contribution in [0, 0.1) is 5.41 Å². The number of methoxy groups -OCH3 is 1. The fourth-order valence-corrected chi connectivity index (χ4v) is 5.85. The summed E-state index contributed by atoms with van der Waals surface area (Å²) >= 11 is 0. The van der Waals surface area contributed by atoms with Gasteiger partial charge in [-0.1, -0.05) is 0 Å². The molecule has 0 bridgehead atoms. The summed E-state index contributed by atoms with van der Waals surface area (Å²) in [7, 11) is -2.58. The predicted octanol–water partition coefficient (Wildman–Crippen LogP) is 1.84. The Labute approximate surface area is 219 Å². The van der Waals surface area contributed by atoms with Gasteiger partial charge in [0.1, 0.15) is 5.69 Å². The summed E-state index contributed by atoms with van der Waals surface area (Å²) < 4.78 is 59.8. The van der Waals surface area contributed by atoms with Crippen molar-refractivity contribution in [3.8, 4) is 5.75 Å². The maximum atomic E-state index is 13.5. The molecule has 3 aliphatic rings. The van der Waals surface area contributed by atoms with Crippen molar-refractivity contribution in [3.05, 3.63) is 30.1 Å². The topological polar surface area (TPSA) is 137 Å². The summed E-state index contributed by atoms with van der Waals surface area (Å²) in [6, 6.07) is 4.34. The normalized spacial score (nSPS) is 19.7. The number of carbonyl (C=O) groups is 1. The lowest BCUT2D eigenvalue weighted by atomic mass is 9.93. The third-order valence-electron chi connectivity index (χ3n) is 7.34. The Morgan fingerprint density at radius 3 is 2.47 bits per heavy atom. The Morgan fingerprint density at radius 2 is 1.87 bits per heavy atom. The van der Waals surface area contributed by atoms with Gasteiger partial charge >= 0.3 is 0 Å². The van der Waals surface area contributed by atoms with Gasteiger partial charge in [-0.05, 0) is 43.2 Å². The van der Waals surface area contributed by atoms with Crippen molar-refractivity contribution in [2.45, 2.75) is 36.6 Å². The molecule has 2 aromatic heterocycles. The number of hydrogen-bond acceptors (Lipinski definition) is 9. The van der Waals surface area contributed by atoms with Gasteiger partial charge in [-0.15, -0.1) is 0 Å². The molecule has 0 radical (unpaired) electrons. The number of ether oxygens (including phenoxy) is 1. The molecule has 14 heteroatoms. The quantitative estimate of drug-likeness (QED) is 0.426. The van der Waals surface area contributed by atoms with E-state index in [1.807, 2.05) is 4.90 Å². The lowest BCUT2D eigenvalue weighted by Gasteiger charge is -2.40. The van der Waals surface area contributed by atoms with E-state index in [1.54, 1.807) is 0 Å². The van der Waals surface area contributed by atoms with Crippen LogP contribution in [-0.2, 0) is 10.0 Å². The summed E-state index contributed by atoms with van der Waals surface area (Å²) in [5, 5.41) is 11.6. The molecule has 2 saturated heterocycles. The number of alkyl halides is 2. The second-order valence-electron chi connectivity index (χ2n) is 10.0. The highest BCUT2D eigenvalue weighted by molar-refractivity contribution is 7.89. The smallest absolute Gasteiger partial charge is 0.282 e. The van der Waals surface area contributed by atoms with E-state index >= 15 is 0 Å². The van der Waals surface area contributed by atoms with Crippen molar-refractivity contribution in [2.24, 2.45) is 5.41 Å². The number of anilines is 3. The van der Waals surface area contributed by atoms with Crippen molar-refractivity contribution in [1.82, 2.24) is 14.7 Å². The zero-order chi connectivity index (χ0) is 27.1. The Kier molecular flexibility index (Phi) is 6.90. The first kappa shape index (κ1) is 26.5. The van der Waals surface area contributed by atoms with Crippen molar-refractivity contribution in [3.63, 3.8) is 0 Å². The van der Waals surface area contributed by atoms with Crippen LogP contribution in [0.25, 0.3) is 0 Å². The number of aliphatic hydroxyl groups is 1. The number of carbonyl (C=O) groups excluding carboxylic acids is 1. The van der Waals surface area contributed by atoms with E-state index in [9.17, 15) is 22.0 Å². The van der Waals surface area contributed by atoms with Crippen LogP contribution in [0.15, 0.2) is 29.4 Å². The minimum Gasteiger partial charge on any atom is -0.493 e. The van der Waals surface area contributed by atoms with Gasteiger partial charge in [0, 0.05) is 25.7 Å². The van der Waals surface area contributed by atoms with Crippen LogP contribution in [0.3, 0.4) is 0 Å². The first-order valence-electron chi connectivity index (χ1n) is 12.4. The second kappa shape index (κ2) is 9.89. The average molecular weight is 553 g/mol. The van der Waals surface area contributed by atoms with E-state index in [-0.39, 0.29) is 35.4 Å². The van der Waals surface area contributed by atoms with Crippen LogP contribution < -0.4 is 24.6 Å². The number of aromatic nitrogens is 2. The molecule has 0 atom stereocenters. The Balaban J connectivity index is 1.42. The summed E-state index contributed by atoms with van der Waals surface area (Å²) in [6.45, 7) is -0.160. The number of piperidine rings is 1. The van der Waals surface area contributed by atoms with Gasteiger partial charge in [-0.3, -0.25) is 4.79 Å². The largest absolute Gasteiger partial charge is 0.493 e. The number of rotatable bonds is 9. The molecule has 2 aromatic rings. The molecule has 4 heterocycles. The number of nitrogens with one attached hydrogen (secondary N) is 2. The van der Waals surface area contributed by atoms with Gasteiger partial charge in [0.05, 0.1) is 44.4 Å². The van der Waals surface area contributed by atoms with Gasteiger partial charge in [0.15, 0.2) is 16.6 Å². The SMILES string of the molecule is COc1ccc(C(=O)Nc2cnc(S(=O)(=O)NCCO)cc2N2CCC3(CC2)CC3)nc1N1CC(F)(F)C1. The molecule has 1 amide bonds. The zero-order valence-corrected chi connectivity index (χ0v) is 21.7. The zero-order valence-electron chi connectivity index (χ0n) is 20.9. The summed E-state index contributed by atoms with van der Waals surface area (Å²) in [5.41, 5.74) is 1.17. The lowest BCUT2D eigenvalue weighted by molar-refractivity contribution is -0.0269. The number of nitrogens with zero attached hydrogens (tertiary/aromatic N) is 4. The monoisotopic (exact) mass is 552 g/mol. The number of sulfonamides is 1. The maximum absolute atomic E-state index is 13.5. The minimum atomic E-state index is -3.97. The molecule has 1 saturated carbocycles. The van der Waals surface area contributed by atoms with Gasteiger partial charge in [0.25, 0.3) is 21.9 Å². The Morgan fingerprint density at radius 1 is 1.16 bits per heavy atom. The Hall–Kier alpha value is -3.10. The lowest BCUT2D eigenvalue weighted by Crippen LogP contribution is -2.56. The van der Waals surface area contributed by atoms with E-state index < -0.39 is 34.9 Å². The number of aliphatic hydroxyl groups excluding tert-OH is 1. The molecule has 38 heavy (non-hydrogen) atoms. The van der Waals surface area contributed by atoms with Crippen LogP contribution in [0.2, 0.25) is 0 Å². The Bertz CT molecular complexity index is 1320. The molecule has 11 nitrogen and oxygen atoms in total. The fourth-order valence-electron chi connectivity index (χ4n) is 4.88. The maximum Gasteiger partial charge on any atom is 0.282 e. The second-order valence-corrected chi connectivity index (χ2v) is 11.8. The fraction of sp³-hybridized carbons (Fsp3) is 0.542. The molecular weight excluding hydrogens is 522 g/mol. The molecule has 0 unspecified atom stereocenters. The predicted molar refractivity (Wildman–Crippen MR) is 136 cm³/mol. The molecule has 206 valence electrons. The molecule has 1 aliphatic carbocycles. The van der Waals surface area contributed by atoms with E-state index in [4.69, 9.17) is 9.84 Å². The molecular formula is C24H30F2N6O5S. The van der Waals surface area contributed by atoms with E-state index in [0.29, 0.717) is 29.9 Å². The van der Waals surface area contributed by atoms with E-state index in [2.05, 4.69) is 20.0 Å². The van der Waals surface area contributed by atoms with Crippen molar-refractivity contribution < 1.29 is 31.8 Å². The number of halogens is 2. The van der Waals surface area contributed by atoms with Crippen molar-refractivity contribution in [1.29, 1.82) is 0 Å². The first-order chi connectivity index (χ1) is 18.0. The molecule has 5 rings (SSSR count). The highest BCUT2D eigenvalue weighted by Crippen LogP contribution is 2.54. The summed E-state index contributed by atoms with van der Waals surface area (Å²) in [5.74, 6) is -3.01. The molecule has 1 spiro atoms. The first-order valence-corrected chi connectivity index (χ1v) is 13.9. The van der Waals surface area contributed by atoms with Crippen molar-refractivity contribution >= 4 is 33.1 Å². The van der Waals surface area contributed by atoms with Gasteiger partial charge in [0.2, 0.25) is 0 Å². The number of hydrogen-bond donors (Lipinski definition) is 3. The third kappa shape index (κ3) is 5.38. The van der Waals surface area contributed by atoms with Crippen LogP contribution in [0.5, 0.6) is 5.75 Å². The highest BCUT2D eigenvalue weighted by Gasteiger charge is 2.46. The van der Waals surface area contributed by atoms with E-state index in [1.165, 1.54) is 49.2 Å². The third-order valence-corrected chi connectivity index (χ3v) is 8.70. The van der Waals surface area contributed by atoms with Crippen LogP contribution in [0.1, 0.15) is 36.2 Å². The van der Waals surface area contributed by atoms with Crippen molar-refractivity contribution in [2.75, 3.05) is 61.6 Å².